The molecule has 5 nitrogen and oxygen atoms in total. The lowest BCUT2D eigenvalue weighted by molar-refractivity contribution is 0.222. The fourth-order valence-corrected chi connectivity index (χ4v) is 2.31. The second kappa shape index (κ2) is 8.29. The second-order valence-electron chi connectivity index (χ2n) is 5.74. The number of rotatable bonds is 6. The Morgan fingerprint density at radius 2 is 1.65 bits per heavy atom. The summed E-state index contributed by atoms with van der Waals surface area (Å²) in [7, 11) is 5.57. The molecular weight excluding hydrogens is 288 g/mol. The maximum Gasteiger partial charge on any atom is 0.325 e. The Balaban J connectivity index is 1.99. The van der Waals surface area contributed by atoms with Gasteiger partial charge in [-0.05, 0) is 24.7 Å². The molecule has 0 aliphatic carbocycles. The molecule has 0 aliphatic rings. The summed E-state index contributed by atoms with van der Waals surface area (Å²) in [4.78, 5) is 22.2. The first-order chi connectivity index (χ1) is 11.1. The Morgan fingerprint density at radius 3 is 2.26 bits per heavy atom. The molecule has 0 saturated carbocycles. The van der Waals surface area contributed by atoms with E-state index in [4.69, 9.17) is 0 Å². The highest BCUT2D eigenvalue weighted by molar-refractivity contribution is 5.90. The van der Waals surface area contributed by atoms with Crippen molar-refractivity contribution >= 4 is 11.8 Å². The van der Waals surface area contributed by atoms with Gasteiger partial charge in [-0.15, -0.1) is 0 Å². The molecule has 1 heterocycles. The number of benzene rings is 1. The van der Waals surface area contributed by atoms with E-state index in [0.29, 0.717) is 12.4 Å². The number of pyridine rings is 1. The van der Waals surface area contributed by atoms with Gasteiger partial charge in [0.2, 0.25) is 0 Å². The van der Waals surface area contributed by atoms with Gasteiger partial charge in [0.25, 0.3) is 0 Å². The number of carbonyl (C=O) groups is 1. The molecule has 2 rings (SSSR count). The number of likely N-dealkylation sites (N-methyl/N-ethyl adjacent to an activating group) is 1. The summed E-state index contributed by atoms with van der Waals surface area (Å²) in [5, 5.41) is 0. The summed E-state index contributed by atoms with van der Waals surface area (Å²) >= 11 is 0. The first-order valence-corrected chi connectivity index (χ1v) is 7.70. The van der Waals surface area contributed by atoms with E-state index in [0.717, 1.165) is 13.1 Å². The number of carbonyl (C=O) groups excluding carboxylic acids is 1. The summed E-state index contributed by atoms with van der Waals surface area (Å²) in [5.74, 6) is 0.680. The average Bonchev–Trinajstić information content (AvgIpc) is 2.56. The molecule has 0 fully saturated rings. The normalized spacial score (nSPS) is 10.6. The van der Waals surface area contributed by atoms with E-state index < -0.39 is 0 Å². The van der Waals surface area contributed by atoms with E-state index in [1.807, 2.05) is 36.4 Å². The van der Waals surface area contributed by atoms with Crippen LogP contribution in [0.1, 0.15) is 5.56 Å². The predicted molar refractivity (Wildman–Crippen MR) is 93.4 cm³/mol. The van der Waals surface area contributed by atoms with Crippen molar-refractivity contribution in [2.24, 2.45) is 0 Å². The molecule has 1 aromatic heterocycles. The SMILES string of the molecule is CN(CCN(C(=O)N(C)C)c1ccccn1)Cc1ccccc1. The minimum absolute atomic E-state index is 0.0585. The van der Waals surface area contributed by atoms with Gasteiger partial charge in [-0.2, -0.15) is 0 Å². The van der Waals surface area contributed by atoms with Crippen LogP contribution in [0.3, 0.4) is 0 Å². The molecule has 0 radical (unpaired) electrons. The molecule has 5 heteroatoms. The second-order valence-corrected chi connectivity index (χ2v) is 5.74. The Hall–Kier alpha value is -2.40. The monoisotopic (exact) mass is 312 g/mol. The number of urea groups is 1. The maximum absolute atomic E-state index is 12.4. The van der Waals surface area contributed by atoms with E-state index in [9.17, 15) is 4.79 Å². The summed E-state index contributed by atoms with van der Waals surface area (Å²) in [6.45, 7) is 2.22. The standard InChI is InChI=1S/C18H24N4O/c1-20(2)18(23)22(17-11-7-8-12-19-17)14-13-21(3)15-16-9-5-4-6-10-16/h4-12H,13-15H2,1-3H3. The highest BCUT2D eigenvalue weighted by Gasteiger charge is 2.18. The van der Waals surface area contributed by atoms with Crippen LogP contribution < -0.4 is 4.90 Å². The summed E-state index contributed by atoms with van der Waals surface area (Å²) in [6, 6.07) is 15.9. The Morgan fingerprint density at radius 1 is 0.957 bits per heavy atom. The van der Waals surface area contributed by atoms with Gasteiger partial charge >= 0.3 is 6.03 Å². The predicted octanol–water partition coefficient (Wildman–Crippen LogP) is 2.70. The Bertz CT molecular complexity index is 601. The third kappa shape index (κ3) is 5.07. The van der Waals surface area contributed by atoms with Crippen molar-refractivity contribution in [2.75, 3.05) is 39.1 Å². The first kappa shape index (κ1) is 17.0. The molecule has 2 amide bonds. The quantitative estimate of drug-likeness (QED) is 0.823. The highest BCUT2D eigenvalue weighted by atomic mass is 16.2. The van der Waals surface area contributed by atoms with Crippen molar-refractivity contribution < 1.29 is 4.79 Å². The molecule has 122 valence electrons. The zero-order valence-electron chi connectivity index (χ0n) is 14.0. The molecule has 0 spiro atoms. The number of hydrogen-bond acceptors (Lipinski definition) is 3. The fraction of sp³-hybridized carbons (Fsp3) is 0.333. The zero-order valence-corrected chi connectivity index (χ0v) is 14.0. The molecule has 0 atom stereocenters. The van der Waals surface area contributed by atoms with Gasteiger partial charge in [0.05, 0.1) is 0 Å². The van der Waals surface area contributed by atoms with Gasteiger partial charge in [0.15, 0.2) is 0 Å². The zero-order chi connectivity index (χ0) is 16.7. The van der Waals surface area contributed by atoms with Crippen molar-refractivity contribution in [3.05, 3.63) is 60.3 Å². The molecule has 0 unspecified atom stereocenters. The van der Waals surface area contributed by atoms with Crippen LogP contribution in [0.2, 0.25) is 0 Å². The van der Waals surface area contributed by atoms with Crippen molar-refractivity contribution in [3.8, 4) is 0 Å². The van der Waals surface area contributed by atoms with Crippen molar-refractivity contribution in [1.29, 1.82) is 0 Å². The molecule has 0 saturated heterocycles. The fourth-order valence-electron chi connectivity index (χ4n) is 2.31. The van der Waals surface area contributed by atoms with Crippen molar-refractivity contribution in [2.45, 2.75) is 6.54 Å². The van der Waals surface area contributed by atoms with Crippen LogP contribution in [0.4, 0.5) is 10.6 Å². The van der Waals surface area contributed by atoms with Crippen LogP contribution in [0.5, 0.6) is 0 Å². The Kier molecular flexibility index (Phi) is 6.11. The topological polar surface area (TPSA) is 39.7 Å². The highest BCUT2D eigenvalue weighted by Crippen LogP contribution is 2.11. The van der Waals surface area contributed by atoms with Gasteiger partial charge < -0.3 is 9.80 Å². The molecule has 0 N–H and O–H groups in total. The van der Waals surface area contributed by atoms with Crippen molar-refractivity contribution in [3.63, 3.8) is 0 Å². The summed E-state index contributed by atoms with van der Waals surface area (Å²) in [5.41, 5.74) is 1.26. The van der Waals surface area contributed by atoms with Crippen LogP contribution in [0.15, 0.2) is 54.7 Å². The number of aromatic nitrogens is 1. The molecular formula is C18H24N4O. The minimum Gasteiger partial charge on any atom is -0.330 e. The van der Waals surface area contributed by atoms with Gasteiger partial charge in [-0.25, -0.2) is 9.78 Å². The molecule has 0 aliphatic heterocycles. The maximum atomic E-state index is 12.4. The molecule has 2 aromatic rings. The van der Waals surface area contributed by atoms with Crippen LogP contribution in [-0.2, 0) is 6.54 Å². The van der Waals surface area contributed by atoms with Gasteiger partial charge in [-0.3, -0.25) is 4.90 Å². The Labute approximate surface area is 138 Å². The van der Waals surface area contributed by atoms with Crippen LogP contribution in [0, 0.1) is 0 Å². The van der Waals surface area contributed by atoms with Crippen LogP contribution >= 0.6 is 0 Å². The van der Waals surface area contributed by atoms with Crippen LogP contribution in [0.25, 0.3) is 0 Å². The number of anilines is 1. The van der Waals surface area contributed by atoms with Crippen molar-refractivity contribution in [1.82, 2.24) is 14.8 Å². The van der Waals surface area contributed by atoms with Gasteiger partial charge in [0, 0.05) is 39.9 Å². The summed E-state index contributed by atoms with van der Waals surface area (Å²) in [6.07, 6.45) is 1.71. The van der Waals surface area contributed by atoms with Gasteiger partial charge in [-0.1, -0.05) is 36.4 Å². The average molecular weight is 312 g/mol. The molecule has 23 heavy (non-hydrogen) atoms. The molecule has 1 aromatic carbocycles. The van der Waals surface area contributed by atoms with E-state index >= 15 is 0 Å². The third-order valence-corrected chi connectivity index (χ3v) is 3.54. The van der Waals surface area contributed by atoms with Crippen LogP contribution in [-0.4, -0.2) is 55.0 Å². The minimum atomic E-state index is -0.0585. The lowest BCUT2D eigenvalue weighted by atomic mass is 10.2. The summed E-state index contributed by atoms with van der Waals surface area (Å²) < 4.78 is 0. The smallest absolute Gasteiger partial charge is 0.325 e. The number of nitrogens with zero attached hydrogens (tertiary/aromatic N) is 4. The first-order valence-electron chi connectivity index (χ1n) is 7.70. The number of amides is 2. The van der Waals surface area contributed by atoms with E-state index in [2.05, 4.69) is 29.1 Å². The largest absolute Gasteiger partial charge is 0.330 e. The lowest BCUT2D eigenvalue weighted by Crippen LogP contribution is -2.43. The van der Waals surface area contributed by atoms with E-state index in [1.165, 1.54) is 5.56 Å². The third-order valence-electron chi connectivity index (χ3n) is 3.54. The number of hydrogen-bond donors (Lipinski definition) is 0. The molecule has 0 bridgehead atoms. The van der Waals surface area contributed by atoms with E-state index in [-0.39, 0.29) is 6.03 Å². The van der Waals surface area contributed by atoms with E-state index in [1.54, 1.807) is 30.1 Å². The van der Waals surface area contributed by atoms with Gasteiger partial charge in [0.1, 0.15) is 5.82 Å². The lowest BCUT2D eigenvalue weighted by Gasteiger charge is -2.27.